The number of methoxy groups -OCH3 is 1. The van der Waals surface area contributed by atoms with Crippen molar-refractivity contribution in [3.8, 4) is 17.2 Å². The van der Waals surface area contributed by atoms with Crippen LogP contribution in [0.3, 0.4) is 0 Å². The molecule has 1 fully saturated rings. The van der Waals surface area contributed by atoms with Crippen LogP contribution in [0.4, 0.5) is 0 Å². The minimum absolute atomic E-state index is 0.0123. The Bertz CT molecular complexity index is 1350. The number of hydrogen-bond donors (Lipinski definition) is 2. The maximum Gasteiger partial charge on any atom is 0.295 e. The van der Waals surface area contributed by atoms with Gasteiger partial charge in [0, 0.05) is 25.0 Å². The molecule has 1 saturated heterocycles. The lowest BCUT2D eigenvalue weighted by atomic mass is 9.94. The van der Waals surface area contributed by atoms with Crippen LogP contribution < -0.4 is 19.1 Å². The fraction of sp³-hybridized carbons (Fsp3) is 0.296. The summed E-state index contributed by atoms with van der Waals surface area (Å²) in [6.07, 6.45) is 6.72. The van der Waals surface area contributed by atoms with Gasteiger partial charge in [-0.05, 0) is 47.9 Å². The molecule has 9 nitrogen and oxygen atoms in total. The molecule has 0 radical (unpaired) electrons. The highest BCUT2D eigenvalue weighted by molar-refractivity contribution is 6.46. The molecule has 2 aliphatic rings. The van der Waals surface area contributed by atoms with Gasteiger partial charge in [-0.15, -0.1) is 0 Å². The van der Waals surface area contributed by atoms with Crippen molar-refractivity contribution in [1.29, 1.82) is 0 Å². The highest BCUT2D eigenvalue weighted by atomic mass is 16.5. The first-order valence-corrected chi connectivity index (χ1v) is 11.8. The Hall–Kier alpha value is -4.27. The van der Waals surface area contributed by atoms with Gasteiger partial charge in [0.05, 0.1) is 19.7 Å². The van der Waals surface area contributed by atoms with Crippen molar-refractivity contribution in [3.63, 3.8) is 0 Å². The van der Waals surface area contributed by atoms with E-state index in [-0.39, 0.29) is 29.7 Å². The Morgan fingerprint density at radius 1 is 1.28 bits per heavy atom. The number of phenolic OH excluding ortho intramolecular Hbond substituents is 1. The molecule has 186 valence electrons. The van der Waals surface area contributed by atoms with Crippen molar-refractivity contribution in [2.75, 3.05) is 13.7 Å². The number of benzene rings is 2. The highest BCUT2D eigenvalue weighted by Gasteiger charge is 2.44. The van der Waals surface area contributed by atoms with Crippen LogP contribution in [0.15, 0.2) is 60.7 Å². The SMILES string of the molecule is COc1cc(C2/C(=C(\[O-])c3ccc4c(c3)CC(C)O4)C(=O)C(=O)N2CCC[n+]2cc[nH]c2)ccc1O. The Kier molecular flexibility index (Phi) is 6.13. The number of carbonyl (C=O) groups is 2. The van der Waals surface area contributed by atoms with Crippen molar-refractivity contribution in [2.45, 2.75) is 38.5 Å². The van der Waals surface area contributed by atoms with Gasteiger partial charge >= 0.3 is 0 Å². The topological polar surface area (TPSA) is 119 Å². The fourth-order valence-electron chi connectivity index (χ4n) is 4.91. The van der Waals surface area contributed by atoms with E-state index >= 15 is 0 Å². The maximum absolute atomic E-state index is 13.7. The average Bonchev–Trinajstić information content (AvgIpc) is 3.58. The van der Waals surface area contributed by atoms with Gasteiger partial charge in [-0.2, -0.15) is 0 Å². The summed E-state index contributed by atoms with van der Waals surface area (Å²) < 4.78 is 12.9. The molecule has 2 N–H and O–H groups in total. The summed E-state index contributed by atoms with van der Waals surface area (Å²) >= 11 is 0. The highest BCUT2D eigenvalue weighted by Crippen LogP contribution is 2.42. The minimum atomic E-state index is -0.897. The summed E-state index contributed by atoms with van der Waals surface area (Å²) in [5.74, 6) is -1.17. The van der Waals surface area contributed by atoms with Gasteiger partial charge in [-0.3, -0.25) is 14.6 Å². The zero-order valence-corrected chi connectivity index (χ0v) is 20.1. The summed E-state index contributed by atoms with van der Waals surface area (Å²) in [4.78, 5) is 30.8. The molecule has 0 spiro atoms. The molecule has 0 bridgehead atoms. The first-order chi connectivity index (χ1) is 17.4. The quantitative estimate of drug-likeness (QED) is 0.226. The molecular weight excluding hydrogens is 462 g/mol. The number of nitrogens with one attached hydrogen (secondary N) is 1. The number of ketones is 1. The van der Waals surface area contributed by atoms with Crippen LogP contribution in [0.25, 0.3) is 5.76 Å². The predicted octanol–water partition coefficient (Wildman–Crippen LogP) is 1.65. The number of carbonyl (C=O) groups excluding carboxylic acids is 2. The van der Waals surface area contributed by atoms with E-state index in [0.717, 1.165) is 11.3 Å². The molecule has 1 amide bonds. The van der Waals surface area contributed by atoms with E-state index in [1.807, 2.05) is 17.7 Å². The first kappa shape index (κ1) is 23.5. The average molecular weight is 490 g/mol. The number of phenols is 1. The Labute approximate surface area is 208 Å². The van der Waals surface area contributed by atoms with E-state index in [2.05, 4.69) is 4.98 Å². The second-order valence-electron chi connectivity index (χ2n) is 9.06. The molecule has 5 rings (SSSR count). The molecule has 9 heteroatoms. The van der Waals surface area contributed by atoms with E-state index in [1.54, 1.807) is 42.9 Å². The van der Waals surface area contributed by atoms with Gasteiger partial charge < -0.3 is 24.6 Å². The number of rotatable bonds is 7. The number of aromatic hydroxyl groups is 1. The normalized spacial score (nSPS) is 20.4. The van der Waals surface area contributed by atoms with E-state index in [1.165, 1.54) is 18.1 Å². The molecule has 0 aliphatic carbocycles. The Morgan fingerprint density at radius 2 is 2.11 bits per heavy atom. The van der Waals surface area contributed by atoms with Crippen LogP contribution in [0, 0.1) is 0 Å². The lowest BCUT2D eigenvalue weighted by Crippen LogP contribution is -2.36. The van der Waals surface area contributed by atoms with Gasteiger partial charge in [0.15, 0.2) is 11.5 Å². The number of imidazole rings is 1. The van der Waals surface area contributed by atoms with E-state index in [9.17, 15) is 19.8 Å². The molecule has 36 heavy (non-hydrogen) atoms. The number of amides is 1. The standard InChI is InChI=1S/C27H27N3O6/c1-16-12-19-13-18(5-7-21(19)36-16)25(32)23-24(17-4-6-20(31)22(14-17)35-2)30(27(34)26(23)33)10-3-9-29-11-8-28-15-29/h4-8,11,13-16,24H,3,9-10,12H2,1-2H3,(H2,31,32,33). The minimum Gasteiger partial charge on any atom is -0.872 e. The van der Waals surface area contributed by atoms with Gasteiger partial charge in [-0.1, -0.05) is 17.9 Å². The van der Waals surface area contributed by atoms with Crippen LogP contribution >= 0.6 is 0 Å². The van der Waals surface area contributed by atoms with Crippen LogP contribution in [-0.2, 0) is 22.6 Å². The molecule has 0 saturated carbocycles. The zero-order chi connectivity index (χ0) is 25.4. The number of fused-ring (bicyclic) bond motifs is 1. The van der Waals surface area contributed by atoms with Crippen LogP contribution in [0.5, 0.6) is 17.2 Å². The molecule has 2 atom stereocenters. The van der Waals surface area contributed by atoms with Crippen molar-refractivity contribution in [2.24, 2.45) is 0 Å². The summed E-state index contributed by atoms with van der Waals surface area (Å²) in [7, 11) is 1.42. The third kappa shape index (κ3) is 4.17. The molecule has 1 aromatic heterocycles. The smallest absolute Gasteiger partial charge is 0.295 e. The van der Waals surface area contributed by atoms with E-state index < -0.39 is 23.5 Å². The lowest BCUT2D eigenvalue weighted by molar-refractivity contribution is -0.695. The number of Topliss-reactive ketones (excluding diaryl/α,β-unsaturated/α-hetero) is 1. The summed E-state index contributed by atoms with van der Waals surface area (Å²) in [5, 5.41) is 23.8. The number of aromatic amines is 1. The van der Waals surface area contributed by atoms with Gasteiger partial charge in [0.1, 0.15) is 24.2 Å². The molecule has 2 aromatic carbocycles. The van der Waals surface area contributed by atoms with Crippen molar-refractivity contribution in [1.82, 2.24) is 9.88 Å². The van der Waals surface area contributed by atoms with Crippen molar-refractivity contribution >= 4 is 17.4 Å². The van der Waals surface area contributed by atoms with Gasteiger partial charge in [-0.25, -0.2) is 4.57 Å². The maximum atomic E-state index is 13.7. The monoisotopic (exact) mass is 489 g/mol. The predicted molar refractivity (Wildman–Crippen MR) is 127 cm³/mol. The third-order valence-corrected chi connectivity index (χ3v) is 6.63. The number of likely N-dealkylation sites (tertiary alicyclic amines) is 1. The first-order valence-electron chi connectivity index (χ1n) is 11.8. The van der Waals surface area contributed by atoms with Crippen molar-refractivity contribution in [3.05, 3.63) is 77.4 Å². The summed E-state index contributed by atoms with van der Waals surface area (Å²) in [6, 6.07) is 8.81. The van der Waals surface area contributed by atoms with Crippen molar-refractivity contribution < 1.29 is 33.8 Å². The van der Waals surface area contributed by atoms with E-state index in [0.29, 0.717) is 30.5 Å². The zero-order valence-electron chi connectivity index (χ0n) is 20.1. The number of H-pyrrole nitrogens is 1. The second kappa shape index (κ2) is 9.41. The van der Waals surface area contributed by atoms with Crippen LogP contribution in [-0.4, -0.2) is 46.4 Å². The van der Waals surface area contributed by atoms with E-state index in [4.69, 9.17) is 9.47 Å². The number of aromatic nitrogens is 2. The molecular formula is C27H27N3O6. The molecule has 3 heterocycles. The Morgan fingerprint density at radius 3 is 2.86 bits per heavy atom. The fourth-order valence-corrected chi connectivity index (χ4v) is 4.91. The molecule has 3 aromatic rings. The molecule has 2 aliphatic heterocycles. The lowest BCUT2D eigenvalue weighted by Gasteiger charge is -2.28. The summed E-state index contributed by atoms with van der Waals surface area (Å²) in [6.45, 7) is 2.84. The second-order valence-corrected chi connectivity index (χ2v) is 9.06. The van der Waals surface area contributed by atoms with Crippen LogP contribution in [0.2, 0.25) is 0 Å². The van der Waals surface area contributed by atoms with Gasteiger partial charge in [0.25, 0.3) is 5.91 Å². The number of nitrogens with zero attached hydrogens (tertiary/aromatic N) is 2. The molecule has 2 unspecified atom stereocenters. The Balaban J connectivity index is 1.56. The van der Waals surface area contributed by atoms with Gasteiger partial charge in [0.2, 0.25) is 12.1 Å². The largest absolute Gasteiger partial charge is 0.872 e. The third-order valence-electron chi connectivity index (χ3n) is 6.63. The number of aryl methyl sites for hydroxylation is 1. The number of ether oxygens (including phenoxy) is 2. The number of hydrogen-bond acceptors (Lipinski definition) is 6. The van der Waals surface area contributed by atoms with Crippen LogP contribution in [0.1, 0.15) is 36.1 Å². The summed E-state index contributed by atoms with van der Waals surface area (Å²) in [5.41, 5.74) is 1.64.